The third-order valence-electron chi connectivity index (χ3n) is 6.44. The van der Waals surface area contributed by atoms with Crippen molar-refractivity contribution in [3.8, 4) is 22.9 Å². The van der Waals surface area contributed by atoms with Gasteiger partial charge in [-0.25, -0.2) is 4.39 Å². The van der Waals surface area contributed by atoms with E-state index in [-0.39, 0.29) is 5.82 Å². The summed E-state index contributed by atoms with van der Waals surface area (Å²) in [7, 11) is 0. The number of nitrogens with zero attached hydrogens (tertiary/aromatic N) is 2. The molecule has 37 heavy (non-hydrogen) atoms. The van der Waals surface area contributed by atoms with Crippen molar-refractivity contribution in [2.75, 3.05) is 18.0 Å². The average molecular weight is 498 g/mol. The van der Waals surface area contributed by atoms with E-state index >= 15 is 4.39 Å². The smallest absolute Gasteiger partial charge is 0.225 e. The molecule has 0 unspecified atom stereocenters. The second kappa shape index (κ2) is 11.4. The van der Waals surface area contributed by atoms with Crippen molar-refractivity contribution in [2.45, 2.75) is 39.1 Å². The number of halogens is 1. The van der Waals surface area contributed by atoms with Gasteiger partial charge in [0.1, 0.15) is 19.0 Å². The highest BCUT2D eigenvalue weighted by Crippen LogP contribution is 2.34. The minimum absolute atomic E-state index is 0.253. The van der Waals surface area contributed by atoms with Gasteiger partial charge in [0.2, 0.25) is 11.8 Å². The van der Waals surface area contributed by atoms with Crippen LogP contribution in [0.1, 0.15) is 25.0 Å². The molecule has 3 aromatic carbocycles. The molecule has 0 aliphatic carbocycles. The normalized spacial score (nSPS) is 17.4. The Morgan fingerprint density at radius 3 is 2.05 bits per heavy atom. The van der Waals surface area contributed by atoms with Crippen molar-refractivity contribution >= 4 is 5.69 Å². The molecule has 0 radical (unpaired) electrons. The van der Waals surface area contributed by atoms with E-state index in [0.717, 1.165) is 29.8 Å². The van der Waals surface area contributed by atoms with Crippen molar-refractivity contribution in [2.24, 2.45) is 0 Å². The largest absolute Gasteiger partial charge is 0.473 e. The van der Waals surface area contributed by atoms with E-state index in [9.17, 15) is 0 Å². The molecule has 1 aromatic heterocycles. The molecule has 190 valence electrons. The molecule has 0 spiro atoms. The minimum atomic E-state index is -0.253. The number of benzene rings is 3. The molecule has 0 amide bonds. The highest BCUT2D eigenvalue weighted by Gasteiger charge is 2.23. The van der Waals surface area contributed by atoms with Gasteiger partial charge in [0.25, 0.3) is 0 Å². The van der Waals surface area contributed by atoms with Crippen LogP contribution in [-0.2, 0) is 13.2 Å². The maximum absolute atomic E-state index is 15.4. The second-order valence-electron chi connectivity index (χ2n) is 9.59. The van der Waals surface area contributed by atoms with E-state index < -0.39 is 0 Å². The highest BCUT2D eigenvalue weighted by molar-refractivity contribution is 5.71. The molecule has 1 aliphatic heterocycles. The van der Waals surface area contributed by atoms with Gasteiger partial charge in [0, 0.05) is 36.8 Å². The fourth-order valence-electron chi connectivity index (χ4n) is 4.75. The van der Waals surface area contributed by atoms with Gasteiger partial charge in [-0.3, -0.25) is 0 Å². The maximum Gasteiger partial charge on any atom is 0.225 e. The standard InChI is InChI=1S/C31H32FN3O2/c1-22-18-35(19-23(2)33-22)29-15-13-26(17-28(29)32)27-14-16-30(36-20-24-9-5-3-6-10-24)34-31(27)37-21-25-11-7-4-8-12-25/h3-17,22-23,33H,18-21H2,1-2H3/t22-,23+. The van der Waals surface area contributed by atoms with Gasteiger partial charge in [-0.2, -0.15) is 4.98 Å². The molecule has 2 atom stereocenters. The summed E-state index contributed by atoms with van der Waals surface area (Å²) in [5.41, 5.74) is 4.12. The van der Waals surface area contributed by atoms with Crippen LogP contribution in [0, 0.1) is 5.82 Å². The Hall–Kier alpha value is -3.90. The number of piperazine rings is 1. The zero-order valence-electron chi connectivity index (χ0n) is 21.2. The van der Waals surface area contributed by atoms with Crippen LogP contribution in [-0.4, -0.2) is 30.2 Å². The molecular weight excluding hydrogens is 465 g/mol. The van der Waals surface area contributed by atoms with E-state index in [2.05, 4.69) is 29.0 Å². The van der Waals surface area contributed by atoms with Crippen LogP contribution in [0.2, 0.25) is 0 Å². The predicted octanol–water partition coefficient (Wildman–Crippen LogP) is 6.23. The van der Waals surface area contributed by atoms with E-state index in [4.69, 9.17) is 9.47 Å². The summed E-state index contributed by atoms with van der Waals surface area (Å²) in [6, 6.07) is 29.5. The molecule has 1 N–H and O–H groups in total. The number of hydrogen-bond donors (Lipinski definition) is 1. The van der Waals surface area contributed by atoms with Crippen LogP contribution < -0.4 is 19.7 Å². The van der Waals surface area contributed by atoms with Crippen LogP contribution in [0.25, 0.3) is 11.1 Å². The summed E-state index contributed by atoms with van der Waals surface area (Å²) in [6.45, 7) is 6.52. The van der Waals surface area contributed by atoms with Crippen LogP contribution in [0.15, 0.2) is 91.0 Å². The fraction of sp³-hybridized carbons (Fsp3) is 0.258. The Morgan fingerprint density at radius 2 is 1.43 bits per heavy atom. The number of ether oxygens (including phenoxy) is 2. The molecule has 2 heterocycles. The summed E-state index contributed by atoms with van der Waals surface area (Å²) in [4.78, 5) is 6.76. The van der Waals surface area contributed by atoms with Gasteiger partial charge >= 0.3 is 0 Å². The maximum atomic E-state index is 15.4. The zero-order valence-corrected chi connectivity index (χ0v) is 21.2. The zero-order chi connectivity index (χ0) is 25.6. The van der Waals surface area contributed by atoms with Crippen molar-refractivity contribution in [1.29, 1.82) is 0 Å². The van der Waals surface area contributed by atoms with Gasteiger partial charge in [-0.05, 0) is 48.7 Å². The first-order valence-corrected chi connectivity index (χ1v) is 12.7. The Bertz CT molecular complexity index is 1310. The average Bonchev–Trinajstić information content (AvgIpc) is 2.91. The fourth-order valence-corrected chi connectivity index (χ4v) is 4.75. The summed E-state index contributed by atoms with van der Waals surface area (Å²) in [5, 5.41) is 3.50. The molecule has 1 fully saturated rings. The molecule has 1 aliphatic rings. The molecule has 0 bridgehead atoms. The molecule has 5 rings (SSSR count). The number of aromatic nitrogens is 1. The first-order chi connectivity index (χ1) is 18.0. The molecule has 0 saturated carbocycles. The van der Waals surface area contributed by atoms with Crippen LogP contribution >= 0.6 is 0 Å². The van der Waals surface area contributed by atoms with E-state index in [0.29, 0.717) is 48.3 Å². The number of anilines is 1. The first-order valence-electron chi connectivity index (χ1n) is 12.7. The third-order valence-corrected chi connectivity index (χ3v) is 6.44. The molecule has 5 nitrogen and oxygen atoms in total. The number of nitrogens with one attached hydrogen (secondary N) is 1. The summed E-state index contributed by atoms with van der Waals surface area (Å²) >= 11 is 0. The lowest BCUT2D eigenvalue weighted by Gasteiger charge is -2.37. The van der Waals surface area contributed by atoms with Gasteiger partial charge in [0.15, 0.2) is 0 Å². The Kier molecular flexibility index (Phi) is 7.66. The summed E-state index contributed by atoms with van der Waals surface area (Å²) < 4.78 is 27.5. The summed E-state index contributed by atoms with van der Waals surface area (Å²) in [5.74, 6) is 0.611. The predicted molar refractivity (Wildman–Crippen MR) is 145 cm³/mol. The number of rotatable bonds is 8. The van der Waals surface area contributed by atoms with Gasteiger partial charge < -0.3 is 19.7 Å². The van der Waals surface area contributed by atoms with E-state index in [1.165, 1.54) is 0 Å². The second-order valence-corrected chi connectivity index (χ2v) is 9.59. The van der Waals surface area contributed by atoms with Crippen molar-refractivity contribution < 1.29 is 13.9 Å². The third kappa shape index (κ3) is 6.27. The Labute approximate surface area is 217 Å². The van der Waals surface area contributed by atoms with Crippen molar-refractivity contribution in [1.82, 2.24) is 10.3 Å². The topological polar surface area (TPSA) is 46.6 Å². The minimum Gasteiger partial charge on any atom is -0.473 e. The number of hydrogen-bond acceptors (Lipinski definition) is 5. The first kappa shape index (κ1) is 24.8. The van der Waals surface area contributed by atoms with E-state index in [1.807, 2.05) is 78.9 Å². The lowest BCUT2D eigenvalue weighted by Crippen LogP contribution is -2.54. The van der Waals surface area contributed by atoms with Crippen molar-refractivity contribution in [3.05, 3.63) is 108 Å². The van der Waals surface area contributed by atoms with Gasteiger partial charge in [-0.15, -0.1) is 0 Å². The Morgan fingerprint density at radius 1 is 0.811 bits per heavy atom. The SMILES string of the molecule is C[C@@H]1CN(c2ccc(-c3ccc(OCc4ccccc4)nc3OCc3ccccc3)cc2F)C[C@H](C)N1. The molecule has 6 heteroatoms. The monoisotopic (exact) mass is 497 g/mol. The lowest BCUT2D eigenvalue weighted by atomic mass is 10.0. The van der Waals surface area contributed by atoms with Gasteiger partial charge in [0.05, 0.1) is 5.69 Å². The lowest BCUT2D eigenvalue weighted by molar-refractivity contribution is 0.268. The van der Waals surface area contributed by atoms with E-state index in [1.54, 1.807) is 12.1 Å². The quantitative estimate of drug-likeness (QED) is 0.313. The highest BCUT2D eigenvalue weighted by atomic mass is 19.1. The van der Waals surface area contributed by atoms with Crippen LogP contribution in [0.5, 0.6) is 11.8 Å². The van der Waals surface area contributed by atoms with Gasteiger partial charge in [-0.1, -0.05) is 66.7 Å². The molecule has 1 saturated heterocycles. The van der Waals surface area contributed by atoms with Crippen LogP contribution in [0.4, 0.5) is 10.1 Å². The van der Waals surface area contributed by atoms with Crippen LogP contribution in [0.3, 0.4) is 0 Å². The number of pyridine rings is 1. The van der Waals surface area contributed by atoms with Crippen molar-refractivity contribution in [3.63, 3.8) is 0 Å². The summed E-state index contributed by atoms with van der Waals surface area (Å²) in [6.07, 6.45) is 0. The molecule has 4 aromatic rings. The molecular formula is C31H32FN3O2. The Balaban J connectivity index is 1.41.